The Kier molecular flexibility index (Phi) is 3.87. The SMILES string of the molecule is O=C(O)c1cc2c(c(CSc3nc4ccccc4o3)c1)OCOC2. The van der Waals surface area contributed by atoms with Gasteiger partial charge in [0, 0.05) is 16.9 Å². The lowest BCUT2D eigenvalue weighted by atomic mass is 10.0. The van der Waals surface area contributed by atoms with Gasteiger partial charge in [-0.2, -0.15) is 0 Å². The summed E-state index contributed by atoms with van der Waals surface area (Å²) >= 11 is 1.40. The van der Waals surface area contributed by atoms with Crippen molar-refractivity contribution in [1.29, 1.82) is 0 Å². The number of oxazole rings is 1. The van der Waals surface area contributed by atoms with Crippen molar-refractivity contribution in [2.24, 2.45) is 0 Å². The third-order valence-corrected chi connectivity index (χ3v) is 4.54. The second kappa shape index (κ2) is 6.18. The van der Waals surface area contributed by atoms with Gasteiger partial charge in [0.05, 0.1) is 12.2 Å². The number of rotatable bonds is 4. The number of carboxylic acid groups (broad SMARTS) is 1. The van der Waals surface area contributed by atoms with E-state index in [1.54, 1.807) is 12.1 Å². The van der Waals surface area contributed by atoms with Gasteiger partial charge in [0.15, 0.2) is 12.4 Å². The number of hydrogen-bond acceptors (Lipinski definition) is 6. The lowest BCUT2D eigenvalue weighted by Crippen LogP contribution is -2.14. The molecule has 0 atom stereocenters. The molecule has 0 saturated heterocycles. The van der Waals surface area contributed by atoms with E-state index in [2.05, 4.69) is 4.98 Å². The standard InChI is InChI=1S/C17H13NO5S/c19-16(20)10-5-11-7-21-9-22-15(11)12(6-10)8-24-17-18-13-3-1-2-4-14(13)23-17/h1-6H,7-9H2,(H,19,20). The predicted molar refractivity (Wildman–Crippen MR) is 87.3 cm³/mol. The summed E-state index contributed by atoms with van der Waals surface area (Å²) in [6, 6.07) is 10.8. The van der Waals surface area contributed by atoms with Gasteiger partial charge in [-0.05, 0) is 24.3 Å². The number of carbonyl (C=O) groups is 1. The third-order valence-electron chi connectivity index (χ3n) is 3.66. The summed E-state index contributed by atoms with van der Waals surface area (Å²) in [5.41, 5.74) is 3.28. The highest BCUT2D eigenvalue weighted by molar-refractivity contribution is 7.98. The third kappa shape index (κ3) is 2.83. The topological polar surface area (TPSA) is 81.8 Å². The molecule has 0 amide bonds. The minimum absolute atomic E-state index is 0.167. The molecule has 1 aliphatic rings. The van der Waals surface area contributed by atoms with Crippen molar-refractivity contribution in [3.8, 4) is 5.75 Å². The monoisotopic (exact) mass is 343 g/mol. The molecule has 1 N–H and O–H groups in total. The van der Waals surface area contributed by atoms with Crippen LogP contribution in [0.4, 0.5) is 0 Å². The Balaban J connectivity index is 1.63. The van der Waals surface area contributed by atoms with Crippen LogP contribution in [0, 0.1) is 0 Å². The van der Waals surface area contributed by atoms with E-state index in [1.165, 1.54) is 11.8 Å². The molecule has 0 radical (unpaired) electrons. The maximum atomic E-state index is 11.3. The molecule has 7 heteroatoms. The summed E-state index contributed by atoms with van der Waals surface area (Å²) < 4.78 is 16.5. The molecule has 6 nitrogen and oxygen atoms in total. The van der Waals surface area contributed by atoms with Gasteiger partial charge < -0.3 is 19.0 Å². The second-order valence-corrected chi connectivity index (χ2v) is 6.20. The fraction of sp³-hybridized carbons (Fsp3) is 0.176. The second-order valence-electron chi connectivity index (χ2n) is 5.28. The van der Waals surface area contributed by atoms with Crippen LogP contribution in [0.25, 0.3) is 11.1 Å². The highest BCUT2D eigenvalue weighted by Gasteiger charge is 2.19. The van der Waals surface area contributed by atoms with Crippen LogP contribution in [0.2, 0.25) is 0 Å². The highest BCUT2D eigenvalue weighted by atomic mass is 32.2. The Bertz CT molecular complexity index is 887. The molecule has 122 valence electrons. The quantitative estimate of drug-likeness (QED) is 0.724. The molecule has 0 aliphatic carbocycles. The zero-order chi connectivity index (χ0) is 16.5. The van der Waals surface area contributed by atoms with Crippen molar-refractivity contribution in [2.75, 3.05) is 6.79 Å². The summed E-state index contributed by atoms with van der Waals surface area (Å²) in [5, 5.41) is 9.81. The van der Waals surface area contributed by atoms with Gasteiger partial charge in [0.25, 0.3) is 5.22 Å². The normalized spacial score (nSPS) is 13.5. The number of thioether (sulfide) groups is 1. The van der Waals surface area contributed by atoms with E-state index in [0.717, 1.165) is 22.2 Å². The highest BCUT2D eigenvalue weighted by Crippen LogP contribution is 2.34. The zero-order valence-electron chi connectivity index (χ0n) is 12.5. The van der Waals surface area contributed by atoms with E-state index in [-0.39, 0.29) is 12.4 Å². The number of para-hydroxylation sites is 2. The fourth-order valence-corrected chi connectivity index (χ4v) is 3.39. The fourth-order valence-electron chi connectivity index (χ4n) is 2.58. The van der Waals surface area contributed by atoms with Crippen LogP contribution >= 0.6 is 11.8 Å². The molecule has 2 aromatic carbocycles. The van der Waals surface area contributed by atoms with E-state index in [9.17, 15) is 9.90 Å². The van der Waals surface area contributed by atoms with E-state index in [0.29, 0.717) is 23.3 Å². The van der Waals surface area contributed by atoms with Crippen LogP contribution in [0.3, 0.4) is 0 Å². The Morgan fingerprint density at radius 1 is 1.29 bits per heavy atom. The minimum Gasteiger partial charge on any atom is -0.478 e. The number of aromatic nitrogens is 1. The first-order valence-electron chi connectivity index (χ1n) is 7.29. The van der Waals surface area contributed by atoms with Gasteiger partial charge in [-0.15, -0.1) is 0 Å². The summed E-state index contributed by atoms with van der Waals surface area (Å²) in [6.45, 7) is 0.511. The summed E-state index contributed by atoms with van der Waals surface area (Å²) in [6.07, 6.45) is 0. The van der Waals surface area contributed by atoms with E-state index in [1.807, 2.05) is 24.3 Å². The van der Waals surface area contributed by atoms with Gasteiger partial charge in [-0.25, -0.2) is 9.78 Å². The lowest BCUT2D eigenvalue weighted by Gasteiger charge is -2.21. The number of aromatic carboxylic acids is 1. The molecule has 0 spiro atoms. The van der Waals surface area contributed by atoms with Crippen LogP contribution in [-0.4, -0.2) is 22.9 Å². The molecule has 0 bridgehead atoms. The first kappa shape index (κ1) is 15.0. The molecule has 2 heterocycles. The first-order chi connectivity index (χ1) is 11.7. The average molecular weight is 343 g/mol. The molecule has 1 aliphatic heterocycles. The van der Waals surface area contributed by atoms with Crippen LogP contribution < -0.4 is 4.74 Å². The molecule has 3 aromatic rings. The van der Waals surface area contributed by atoms with Gasteiger partial charge >= 0.3 is 5.97 Å². The van der Waals surface area contributed by atoms with E-state index in [4.69, 9.17) is 13.9 Å². The van der Waals surface area contributed by atoms with Crippen molar-refractivity contribution in [3.63, 3.8) is 0 Å². The maximum absolute atomic E-state index is 11.3. The first-order valence-corrected chi connectivity index (χ1v) is 8.27. The zero-order valence-corrected chi connectivity index (χ0v) is 13.3. The van der Waals surface area contributed by atoms with Crippen molar-refractivity contribution in [2.45, 2.75) is 17.6 Å². The van der Waals surface area contributed by atoms with Crippen molar-refractivity contribution in [3.05, 3.63) is 53.1 Å². The van der Waals surface area contributed by atoms with Crippen LogP contribution in [0.5, 0.6) is 5.75 Å². The summed E-state index contributed by atoms with van der Waals surface area (Å²) in [4.78, 5) is 15.7. The molecule has 0 unspecified atom stereocenters. The smallest absolute Gasteiger partial charge is 0.335 e. The summed E-state index contributed by atoms with van der Waals surface area (Å²) in [5.74, 6) is 0.211. The van der Waals surface area contributed by atoms with Gasteiger partial charge in [0.2, 0.25) is 0 Å². The van der Waals surface area contributed by atoms with E-state index >= 15 is 0 Å². The number of benzene rings is 2. The molecular formula is C17H13NO5S. The number of carboxylic acids is 1. The van der Waals surface area contributed by atoms with Crippen molar-refractivity contribution < 1.29 is 23.8 Å². The average Bonchev–Trinajstić information content (AvgIpc) is 3.02. The van der Waals surface area contributed by atoms with Crippen molar-refractivity contribution in [1.82, 2.24) is 4.98 Å². The van der Waals surface area contributed by atoms with Gasteiger partial charge in [-0.1, -0.05) is 23.9 Å². The largest absolute Gasteiger partial charge is 0.478 e. The van der Waals surface area contributed by atoms with Crippen LogP contribution in [-0.2, 0) is 17.1 Å². The minimum atomic E-state index is -0.975. The number of ether oxygens (including phenoxy) is 2. The summed E-state index contributed by atoms with van der Waals surface area (Å²) in [7, 11) is 0. The van der Waals surface area contributed by atoms with E-state index < -0.39 is 5.97 Å². The lowest BCUT2D eigenvalue weighted by molar-refractivity contribution is -0.0169. The molecular weight excluding hydrogens is 330 g/mol. The molecule has 4 rings (SSSR count). The predicted octanol–water partition coefficient (Wildman–Crippen LogP) is 3.68. The van der Waals surface area contributed by atoms with Crippen LogP contribution in [0.1, 0.15) is 21.5 Å². The van der Waals surface area contributed by atoms with Gasteiger partial charge in [0.1, 0.15) is 11.3 Å². The number of nitrogens with zero attached hydrogens (tertiary/aromatic N) is 1. The molecule has 0 fully saturated rings. The maximum Gasteiger partial charge on any atom is 0.335 e. The van der Waals surface area contributed by atoms with Crippen LogP contribution in [0.15, 0.2) is 46.0 Å². The Labute approximate surface area is 141 Å². The Morgan fingerprint density at radius 2 is 2.17 bits per heavy atom. The Morgan fingerprint density at radius 3 is 3.00 bits per heavy atom. The Hall–Kier alpha value is -2.51. The van der Waals surface area contributed by atoms with Gasteiger partial charge in [-0.3, -0.25) is 0 Å². The molecule has 0 saturated carbocycles. The number of fused-ring (bicyclic) bond motifs is 2. The number of hydrogen-bond donors (Lipinski definition) is 1. The van der Waals surface area contributed by atoms with Crippen molar-refractivity contribution >= 4 is 28.8 Å². The molecule has 24 heavy (non-hydrogen) atoms. The molecule has 1 aromatic heterocycles.